The van der Waals surface area contributed by atoms with E-state index < -0.39 is 0 Å². The third kappa shape index (κ3) is 3.04. The molecule has 3 nitrogen and oxygen atoms in total. The molecule has 1 atom stereocenters. The molecule has 1 aromatic rings. The van der Waals surface area contributed by atoms with Gasteiger partial charge >= 0.3 is 0 Å². The summed E-state index contributed by atoms with van der Waals surface area (Å²) in [6, 6.07) is 5.40. The summed E-state index contributed by atoms with van der Waals surface area (Å²) in [5, 5.41) is 1.19. The van der Waals surface area contributed by atoms with Gasteiger partial charge in [0.25, 0.3) is 0 Å². The first-order valence-electron chi connectivity index (χ1n) is 6.50. The molecule has 19 heavy (non-hydrogen) atoms. The van der Waals surface area contributed by atoms with Gasteiger partial charge in [0.15, 0.2) is 0 Å². The number of nitrogens with zero attached hydrogens (tertiary/aromatic N) is 1. The molecule has 1 amide bonds. The van der Waals surface area contributed by atoms with E-state index in [2.05, 4.69) is 0 Å². The van der Waals surface area contributed by atoms with Gasteiger partial charge in [0.05, 0.1) is 13.2 Å². The molecule has 2 aliphatic rings. The summed E-state index contributed by atoms with van der Waals surface area (Å²) in [6.07, 6.45) is 1.93. The molecule has 0 radical (unpaired) electrons. The Bertz CT molecular complexity index is 482. The Morgan fingerprint density at radius 1 is 1.21 bits per heavy atom. The molecule has 1 aliphatic heterocycles. The average molecular weight is 300 g/mol. The highest BCUT2D eigenvalue weighted by Crippen LogP contribution is 2.33. The molecule has 5 heteroatoms. The van der Waals surface area contributed by atoms with Crippen LogP contribution in [0.2, 0.25) is 10.0 Å². The zero-order valence-electron chi connectivity index (χ0n) is 10.4. The molecule has 1 saturated carbocycles. The van der Waals surface area contributed by atoms with Gasteiger partial charge in [-0.3, -0.25) is 4.79 Å². The van der Waals surface area contributed by atoms with Gasteiger partial charge in [-0.25, -0.2) is 0 Å². The van der Waals surface area contributed by atoms with Crippen LogP contribution in [0.5, 0.6) is 0 Å². The molecule has 1 heterocycles. The fourth-order valence-electron chi connectivity index (χ4n) is 2.40. The summed E-state index contributed by atoms with van der Waals surface area (Å²) in [7, 11) is 0. The molecule has 0 spiro atoms. The summed E-state index contributed by atoms with van der Waals surface area (Å²) >= 11 is 12.0. The van der Waals surface area contributed by atoms with Crippen LogP contribution in [0.4, 0.5) is 0 Å². The molecule has 0 bridgehead atoms. The number of rotatable bonds is 2. The van der Waals surface area contributed by atoms with Crippen molar-refractivity contribution in [2.24, 2.45) is 5.92 Å². The second-order valence-electron chi connectivity index (χ2n) is 5.12. The van der Waals surface area contributed by atoms with Gasteiger partial charge in [-0.2, -0.15) is 0 Å². The van der Waals surface area contributed by atoms with E-state index in [1.807, 2.05) is 17.0 Å². The Morgan fingerprint density at radius 3 is 2.53 bits per heavy atom. The van der Waals surface area contributed by atoms with E-state index in [1.54, 1.807) is 6.07 Å². The van der Waals surface area contributed by atoms with Crippen LogP contribution in [0, 0.1) is 5.92 Å². The van der Waals surface area contributed by atoms with Gasteiger partial charge in [0.2, 0.25) is 5.91 Å². The molecule has 1 aromatic carbocycles. The normalized spacial score (nSPS) is 23.5. The Kier molecular flexibility index (Phi) is 3.70. The summed E-state index contributed by atoms with van der Waals surface area (Å²) < 4.78 is 5.74. The van der Waals surface area contributed by atoms with Crippen molar-refractivity contribution in [3.63, 3.8) is 0 Å². The number of carbonyl (C=O) groups is 1. The van der Waals surface area contributed by atoms with Gasteiger partial charge < -0.3 is 9.64 Å². The minimum Gasteiger partial charge on any atom is -0.370 e. The largest absolute Gasteiger partial charge is 0.370 e. The lowest BCUT2D eigenvalue weighted by molar-refractivity contribution is -0.140. The second kappa shape index (κ2) is 5.31. The number of benzene rings is 1. The molecule has 2 fully saturated rings. The first-order valence-corrected chi connectivity index (χ1v) is 7.25. The Hall–Kier alpha value is -0.770. The third-order valence-electron chi connectivity index (χ3n) is 3.56. The van der Waals surface area contributed by atoms with Crippen LogP contribution in [0.25, 0.3) is 0 Å². The summed E-state index contributed by atoms with van der Waals surface area (Å²) in [5.74, 6) is 0.517. The quantitative estimate of drug-likeness (QED) is 0.838. The average Bonchev–Trinajstić information content (AvgIpc) is 3.21. The van der Waals surface area contributed by atoms with Crippen LogP contribution in [0.15, 0.2) is 18.2 Å². The number of morpholine rings is 1. The molecule has 1 aliphatic carbocycles. The number of amides is 1. The number of ether oxygens (including phenoxy) is 1. The molecular formula is C14H15Cl2NO2. The summed E-state index contributed by atoms with van der Waals surface area (Å²) in [4.78, 5) is 14.0. The smallest absolute Gasteiger partial charge is 0.225 e. The third-order valence-corrected chi connectivity index (χ3v) is 4.00. The number of hydrogen-bond acceptors (Lipinski definition) is 2. The maximum absolute atomic E-state index is 12.1. The molecule has 0 aromatic heterocycles. The zero-order valence-corrected chi connectivity index (χ0v) is 12.0. The molecule has 0 N–H and O–H groups in total. The monoisotopic (exact) mass is 299 g/mol. The predicted octanol–water partition coefficient (Wildman–Crippen LogP) is 3.30. The van der Waals surface area contributed by atoms with E-state index in [-0.39, 0.29) is 17.9 Å². The number of hydrogen-bond donors (Lipinski definition) is 0. The zero-order chi connectivity index (χ0) is 13.4. The fraction of sp³-hybridized carbons (Fsp3) is 0.500. The van der Waals surface area contributed by atoms with Gasteiger partial charge in [-0.1, -0.05) is 23.2 Å². The lowest BCUT2D eigenvalue weighted by Crippen LogP contribution is -2.43. The lowest BCUT2D eigenvalue weighted by atomic mass is 10.1. The van der Waals surface area contributed by atoms with Crippen molar-refractivity contribution < 1.29 is 9.53 Å². The Labute approximate surface area is 122 Å². The van der Waals surface area contributed by atoms with E-state index in [0.29, 0.717) is 29.7 Å². The van der Waals surface area contributed by atoms with Gasteiger partial charge in [-0.05, 0) is 36.6 Å². The molecule has 1 saturated heterocycles. The van der Waals surface area contributed by atoms with E-state index in [0.717, 1.165) is 18.4 Å². The highest BCUT2D eigenvalue weighted by atomic mass is 35.5. The van der Waals surface area contributed by atoms with E-state index in [9.17, 15) is 4.79 Å². The second-order valence-corrected chi connectivity index (χ2v) is 5.99. The van der Waals surface area contributed by atoms with Crippen molar-refractivity contribution in [2.45, 2.75) is 18.9 Å². The van der Waals surface area contributed by atoms with Gasteiger partial charge in [0, 0.05) is 22.5 Å². The first kappa shape index (κ1) is 13.2. The standard InChI is InChI=1S/C14H15Cl2NO2/c15-11-5-10(6-12(16)7-11)13-8-17(3-4-19-13)14(18)9-1-2-9/h5-7,9,13H,1-4,8H2. The fourth-order valence-corrected chi connectivity index (χ4v) is 2.94. The summed E-state index contributed by atoms with van der Waals surface area (Å²) in [6.45, 7) is 1.83. The van der Waals surface area contributed by atoms with Gasteiger partial charge in [0.1, 0.15) is 6.10 Å². The maximum Gasteiger partial charge on any atom is 0.225 e. The van der Waals surface area contributed by atoms with Crippen LogP contribution in [0.3, 0.4) is 0 Å². The highest BCUT2D eigenvalue weighted by Gasteiger charge is 2.35. The molecular weight excluding hydrogens is 285 g/mol. The molecule has 1 unspecified atom stereocenters. The Balaban J connectivity index is 1.75. The minimum absolute atomic E-state index is 0.132. The Morgan fingerprint density at radius 2 is 1.89 bits per heavy atom. The van der Waals surface area contributed by atoms with Crippen LogP contribution in [0.1, 0.15) is 24.5 Å². The van der Waals surface area contributed by atoms with Crippen LogP contribution in [-0.2, 0) is 9.53 Å². The van der Waals surface area contributed by atoms with Crippen LogP contribution in [-0.4, -0.2) is 30.5 Å². The van der Waals surface area contributed by atoms with Crippen molar-refractivity contribution in [2.75, 3.05) is 19.7 Å². The topological polar surface area (TPSA) is 29.5 Å². The van der Waals surface area contributed by atoms with Crippen molar-refractivity contribution in [3.05, 3.63) is 33.8 Å². The van der Waals surface area contributed by atoms with E-state index in [1.165, 1.54) is 0 Å². The molecule has 102 valence electrons. The van der Waals surface area contributed by atoms with Crippen molar-refractivity contribution in [1.82, 2.24) is 4.90 Å². The summed E-state index contributed by atoms with van der Waals surface area (Å²) in [5.41, 5.74) is 0.936. The first-order chi connectivity index (χ1) is 9.13. The predicted molar refractivity (Wildman–Crippen MR) is 74.5 cm³/mol. The SMILES string of the molecule is O=C(C1CC1)N1CCOC(c2cc(Cl)cc(Cl)c2)C1. The molecule has 3 rings (SSSR count). The highest BCUT2D eigenvalue weighted by molar-refractivity contribution is 6.34. The van der Waals surface area contributed by atoms with Crippen LogP contribution >= 0.6 is 23.2 Å². The van der Waals surface area contributed by atoms with Gasteiger partial charge in [-0.15, -0.1) is 0 Å². The van der Waals surface area contributed by atoms with E-state index in [4.69, 9.17) is 27.9 Å². The van der Waals surface area contributed by atoms with E-state index >= 15 is 0 Å². The number of halogens is 2. The van der Waals surface area contributed by atoms with Crippen molar-refractivity contribution in [3.8, 4) is 0 Å². The van der Waals surface area contributed by atoms with Crippen molar-refractivity contribution >= 4 is 29.1 Å². The van der Waals surface area contributed by atoms with Crippen LogP contribution < -0.4 is 0 Å². The maximum atomic E-state index is 12.1. The minimum atomic E-state index is -0.132. The lowest BCUT2D eigenvalue weighted by Gasteiger charge is -2.33. The number of carbonyl (C=O) groups excluding carboxylic acids is 1. The van der Waals surface area contributed by atoms with Crippen molar-refractivity contribution in [1.29, 1.82) is 0 Å².